The molecule has 2 fully saturated rings. The van der Waals surface area contributed by atoms with Gasteiger partial charge in [-0.25, -0.2) is 0 Å². The van der Waals surface area contributed by atoms with Crippen molar-refractivity contribution < 1.29 is 23.9 Å². The standard InChI is InChI=1S/C23H35N3O5/c1-29-20-14-19(15-21(16-20)30-2)24-22(27)8-7-18-6-5-10-25(17-18)23(28)9-12-26-11-3-4-13-31-26/h14-16,18H,3-13,17H2,1-2H3,(H,24,27). The summed E-state index contributed by atoms with van der Waals surface area (Å²) in [6, 6.07) is 5.31. The smallest absolute Gasteiger partial charge is 0.224 e. The first-order chi connectivity index (χ1) is 15.1. The Hall–Kier alpha value is -2.32. The Bertz CT molecular complexity index is 714. The van der Waals surface area contributed by atoms with Crippen LogP contribution in [0.1, 0.15) is 44.9 Å². The summed E-state index contributed by atoms with van der Waals surface area (Å²) in [6.07, 6.45) is 5.96. The Kier molecular flexibility index (Phi) is 8.97. The third-order valence-electron chi connectivity index (χ3n) is 5.94. The molecule has 1 N–H and O–H groups in total. The van der Waals surface area contributed by atoms with Gasteiger partial charge in [-0.05, 0) is 38.0 Å². The first-order valence-corrected chi connectivity index (χ1v) is 11.3. The van der Waals surface area contributed by atoms with Crippen LogP contribution in [0.3, 0.4) is 0 Å². The van der Waals surface area contributed by atoms with Crippen LogP contribution in [0.15, 0.2) is 18.2 Å². The minimum absolute atomic E-state index is 0.0407. The van der Waals surface area contributed by atoms with E-state index in [1.165, 1.54) is 0 Å². The van der Waals surface area contributed by atoms with Crippen molar-refractivity contribution in [2.75, 3.05) is 52.3 Å². The zero-order chi connectivity index (χ0) is 22.1. The zero-order valence-electron chi connectivity index (χ0n) is 18.7. The number of rotatable bonds is 9. The molecule has 31 heavy (non-hydrogen) atoms. The molecule has 1 atom stereocenters. The zero-order valence-corrected chi connectivity index (χ0v) is 18.7. The molecule has 2 aliphatic rings. The second kappa shape index (κ2) is 11.9. The number of piperidine rings is 1. The minimum Gasteiger partial charge on any atom is -0.497 e. The minimum atomic E-state index is -0.0407. The Labute approximate surface area is 184 Å². The molecule has 0 bridgehead atoms. The van der Waals surface area contributed by atoms with Gasteiger partial charge >= 0.3 is 0 Å². The average molecular weight is 434 g/mol. The lowest BCUT2D eigenvalue weighted by molar-refractivity contribution is -0.182. The number of hydrogen-bond acceptors (Lipinski definition) is 6. The van der Waals surface area contributed by atoms with Gasteiger partial charge in [-0.2, -0.15) is 5.06 Å². The molecule has 0 aromatic heterocycles. The first-order valence-electron chi connectivity index (χ1n) is 11.3. The fourth-order valence-corrected chi connectivity index (χ4v) is 4.17. The summed E-state index contributed by atoms with van der Waals surface area (Å²) >= 11 is 0. The molecule has 1 aromatic rings. The van der Waals surface area contributed by atoms with Gasteiger partial charge < -0.3 is 19.7 Å². The third kappa shape index (κ3) is 7.40. The first kappa shape index (κ1) is 23.3. The Balaban J connectivity index is 1.41. The topological polar surface area (TPSA) is 80.3 Å². The summed E-state index contributed by atoms with van der Waals surface area (Å²) in [5.41, 5.74) is 0.654. The van der Waals surface area contributed by atoms with E-state index in [4.69, 9.17) is 14.3 Å². The van der Waals surface area contributed by atoms with E-state index in [-0.39, 0.29) is 11.8 Å². The highest BCUT2D eigenvalue weighted by Crippen LogP contribution is 2.26. The Morgan fingerprint density at radius 2 is 1.84 bits per heavy atom. The third-order valence-corrected chi connectivity index (χ3v) is 5.94. The van der Waals surface area contributed by atoms with Crippen molar-refractivity contribution in [3.8, 4) is 11.5 Å². The van der Waals surface area contributed by atoms with Crippen LogP contribution in [0.4, 0.5) is 5.69 Å². The highest BCUT2D eigenvalue weighted by Gasteiger charge is 2.24. The van der Waals surface area contributed by atoms with Crippen molar-refractivity contribution in [3.05, 3.63) is 18.2 Å². The van der Waals surface area contributed by atoms with Crippen molar-refractivity contribution in [1.29, 1.82) is 0 Å². The lowest BCUT2D eigenvalue weighted by Gasteiger charge is -2.33. The molecule has 1 unspecified atom stereocenters. The number of ether oxygens (including phenoxy) is 2. The maximum absolute atomic E-state index is 12.6. The summed E-state index contributed by atoms with van der Waals surface area (Å²) < 4.78 is 10.5. The molecular weight excluding hydrogens is 398 g/mol. The van der Waals surface area contributed by atoms with E-state index in [2.05, 4.69) is 5.32 Å². The predicted molar refractivity (Wildman–Crippen MR) is 118 cm³/mol. The monoisotopic (exact) mass is 433 g/mol. The number of hydrogen-bond donors (Lipinski definition) is 1. The molecule has 0 saturated carbocycles. The van der Waals surface area contributed by atoms with Crippen LogP contribution in [-0.2, 0) is 14.4 Å². The SMILES string of the molecule is COc1cc(NC(=O)CCC2CCCN(C(=O)CCN3CCCCO3)C2)cc(OC)c1. The maximum Gasteiger partial charge on any atom is 0.224 e. The van der Waals surface area contributed by atoms with Crippen LogP contribution in [0.5, 0.6) is 11.5 Å². The van der Waals surface area contributed by atoms with E-state index in [1.54, 1.807) is 32.4 Å². The molecule has 0 radical (unpaired) electrons. The molecule has 8 nitrogen and oxygen atoms in total. The molecule has 0 spiro atoms. The number of amides is 2. The van der Waals surface area contributed by atoms with E-state index in [0.29, 0.717) is 42.5 Å². The number of carbonyl (C=O) groups is 2. The van der Waals surface area contributed by atoms with Crippen LogP contribution >= 0.6 is 0 Å². The van der Waals surface area contributed by atoms with Crippen molar-refractivity contribution >= 4 is 17.5 Å². The summed E-state index contributed by atoms with van der Waals surface area (Å²) in [5, 5.41) is 4.84. The Morgan fingerprint density at radius 1 is 1.06 bits per heavy atom. The second-order valence-electron chi connectivity index (χ2n) is 8.26. The van der Waals surface area contributed by atoms with E-state index < -0.39 is 0 Å². The van der Waals surface area contributed by atoms with Gasteiger partial charge in [0, 0.05) is 62.9 Å². The van der Waals surface area contributed by atoms with E-state index in [9.17, 15) is 9.59 Å². The van der Waals surface area contributed by atoms with Crippen molar-refractivity contribution in [1.82, 2.24) is 9.96 Å². The quantitative estimate of drug-likeness (QED) is 0.645. The van der Waals surface area contributed by atoms with Gasteiger partial charge in [-0.1, -0.05) is 0 Å². The highest BCUT2D eigenvalue weighted by atomic mass is 16.7. The predicted octanol–water partition coefficient (Wildman–Crippen LogP) is 3.08. The molecule has 0 aliphatic carbocycles. The second-order valence-corrected chi connectivity index (χ2v) is 8.26. The fourth-order valence-electron chi connectivity index (χ4n) is 4.17. The van der Waals surface area contributed by atoms with Crippen molar-refractivity contribution in [2.24, 2.45) is 5.92 Å². The number of nitrogens with zero attached hydrogens (tertiary/aromatic N) is 2. The average Bonchev–Trinajstić information content (AvgIpc) is 2.81. The number of carbonyl (C=O) groups excluding carboxylic acids is 2. The van der Waals surface area contributed by atoms with Crippen molar-refractivity contribution in [2.45, 2.75) is 44.9 Å². The largest absolute Gasteiger partial charge is 0.497 e. The lowest BCUT2D eigenvalue weighted by Crippen LogP contribution is -2.42. The summed E-state index contributed by atoms with van der Waals surface area (Å²) in [6.45, 7) is 3.87. The lowest BCUT2D eigenvalue weighted by atomic mass is 9.93. The molecular formula is C23H35N3O5. The number of benzene rings is 1. The number of nitrogens with one attached hydrogen (secondary N) is 1. The molecule has 2 aliphatic heterocycles. The molecule has 1 aromatic carbocycles. The van der Waals surface area contributed by atoms with Crippen LogP contribution in [-0.4, -0.2) is 68.8 Å². The van der Waals surface area contributed by atoms with E-state index in [1.807, 2.05) is 9.96 Å². The maximum atomic E-state index is 12.6. The summed E-state index contributed by atoms with van der Waals surface area (Å²) in [7, 11) is 3.16. The number of methoxy groups -OCH3 is 2. The highest BCUT2D eigenvalue weighted by molar-refractivity contribution is 5.91. The van der Waals surface area contributed by atoms with Gasteiger partial charge in [-0.3, -0.25) is 14.4 Å². The normalized spacial score (nSPS) is 19.7. The number of likely N-dealkylation sites (tertiary alicyclic amines) is 1. The summed E-state index contributed by atoms with van der Waals surface area (Å²) in [5.74, 6) is 1.76. The molecule has 2 heterocycles. The van der Waals surface area contributed by atoms with Gasteiger partial charge in [0.1, 0.15) is 11.5 Å². The fraction of sp³-hybridized carbons (Fsp3) is 0.652. The van der Waals surface area contributed by atoms with E-state index in [0.717, 1.165) is 58.3 Å². The van der Waals surface area contributed by atoms with Crippen LogP contribution in [0, 0.1) is 5.92 Å². The van der Waals surface area contributed by atoms with E-state index >= 15 is 0 Å². The van der Waals surface area contributed by atoms with Gasteiger partial charge in [0.25, 0.3) is 0 Å². The van der Waals surface area contributed by atoms with Crippen molar-refractivity contribution in [3.63, 3.8) is 0 Å². The van der Waals surface area contributed by atoms with Gasteiger partial charge in [0.05, 0.1) is 20.8 Å². The summed E-state index contributed by atoms with van der Waals surface area (Å²) in [4.78, 5) is 32.6. The molecule has 8 heteroatoms. The molecule has 2 amide bonds. The Morgan fingerprint density at radius 3 is 2.52 bits per heavy atom. The van der Waals surface area contributed by atoms with Gasteiger partial charge in [0.2, 0.25) is 11.8 Å². The molecule has 172 valence electrons. The van der Waals surface area contributed by atoms with Gasteiger partial charge in [-0.15, -0.1) is 0 Å². The number of anilines is 1. The van der Waals surface area contributed by atoms with Crippen LogP contribution in [0.25, 0.3) is 0 Å². The molecule has 3 rings (SSSR count). The number of hydroxylamine groups is 2. The van der Waals surface area contributed by atoms with Crippen LogP contribution in [0.2, 0.25) is 0 Å². The van der Waals surface area contributed by atoms with Gasteiger partial charge in [0.15, 0.2) is 0 Å². The molecule has 2 saturated heterocycles. The van der Waals surface area contributed by atoms with Crippen LogP contribution < -0.4 is 14.8 Å².